The third-order valence-corrected chi connectivity index (χ3v) is 2.86. The van der Waals surface area contributed by atoms with Gasteiger partial charge in [-0.1, -0.05) is 29.4 Å². The van der Waals surface area contributed by atoms with Crippen molar-refractivity contribution in [2.75, 3.05) is 5.75 Å². The molecule has 0 saturated carbocycles. The quantitative estimate of drug-likeness (QED) is 0.639. The molecular formula is C10H9ClN2S. The van der Waals surface area contributed by atoms with Crippen LogP contribution in [-0.4, -0.2) is 15.7 Å². The van der Waals surface area contributed by atoms with E-state index in [2.05, 4.69) is 16.5 Å². The molecule has 0 bridgehead atoms. The van der Waals surface area contributed by atoms with E-state index in [0.29, 0.717) is 0 Å². The maximum absolute atomic E-state index is 5.86. The van der Waals surface area contributed by atoms with Crippen LogP contribution in [0.2, 0.25) is 5.02 Å². The van der Waals surface area contributed by atoms with E-state index in [0.717, 1.165) is 27.0 Å². The maximum atomic E-state index is 5.86. The molecule has 0 aliphatic carbocycles. The van der Waals surface area contributed by atoms with Gasteiger partial charge in [0.2, 0.25) is 0 Å². The summed E-state index contributed by atoms with van der Waals surface area (Å²) in [6.07, 6.45) is 1.85. The molecule has 0 radical (unpaired) electrons. The second kappa shape index (κ2) is 4.07. The van der Waals surface area contributed by atoms with Gasteiger partial charge in [-0.15, -0.1) is 6.58 Å². The Labute approximate surface area is 91.4 Å². The van der Waals surface area contributed by atoms with Gasteiger partial charge in [-0.3, -0.25) is 0 Å². The molecule has 2 nitrogen and oxygen atoms in total. The molecular weight excluding hydrogens is 216 g/mol. The van der Waals surface area contributed by atoms with Crippen LogP contribution in [-0.2, 0) is 0 Å². The van der Waals surface area contributed by atoms with E-state index in [1.165, 1.54) is 0 Å². The fraction of sp³-hybridized carbons (Fsp3) is 0.100. The van der Waals surface area contributed by atoms with Crippen molar-refractivity contribution in [3.63, 3.8) is 0 Å². The lowest BCUT2D eigenvalue weighted by atomic mass is 10.3. The molecule has 1 heterocycles. The van der Waals surface area contributed by atoms with Crippen LogP contribution in [0.15, 0.2) is 36.0 Å². The molecule has 4 heteroatoms. The Bertz CT molecular complexity index is 464. The van der Waals surface area contributed by atoms with Crippen LogP contribution in [0, 0.1) is 0 Å². The van der Waals surface area contributed by atoms with E-state index in [-0.39, 0.29) is 0 Å². The van der Waals surface area contributed by atoms with E-state index in [1.807, 2.05) is 24.3 Å². The Morgan fingerprint density at radius 1 is 1.57 bits per heavy atom. The van der Waals surface area contributed by atoms with Crippen LogP contribution in [0.3, 0.4) is 0 Å². The first-order valence-corrected chi connectivity index (χ1v) is 5.55. The van der Waals surface area contributed by atoms with E-state index in [9.17, 15) is 0 Å². The van der Waals surface area contributed by atoms with Crippen LogP contribution in [0.4, 0.5) is 0 Å². The third-order valence-electron chi connectivity index (χ3n) is 1.76. The van der Waals surface area contributed by atoms with Gasteiger partial charge in [0.15, 0.2) is 5.16 Å². The number of nitrogens with zero attached hydrogens (tertiary/aromatic N) is 1. The monoisotopic (exact) mass is 224 g/mol. The lowest BCUT2D eigenvalue weighted by Crippen LogP contribution is -1.74. The second-order valence-electron chi connectivity index (χ2n) is 2.80. The van der Waals surface area contributed by atoms with Crippen molar-refractivity contribution in [2.45, 2.75) is 5.16 Å². The number of rotatable bonds is 3. The molecule has 0 amide bonds. The van der Waals surface area contributed by atoms with Crippen LogP contribution >= 0.6 is 23.4 Å². The maximum Gasteiger partial charge on any atom is 0.166 e. The molecule has 2 aromatic rings. The normalized spacial score (nSPS) is 10.6. The van der Waals surface area contributed by atoms with Gasteiger partial charge in [0.1, 0.15) is 0 Å². The first-order valence-electron chi connectivity index (χ1n) is 4.18. The van der Waals surface area contributed by atoms with Crippen molar-refractivity contribution in [1.29, 1.82) is 0 Å². The fourth-order valence-electron chi connectivity index (χ4n) is 1.16. The summed E-state index contributed by atoms with van der Waals surface area (Å²) in [5.41, 5.74) is 1.92. The number of benzene rings is 1. The highest BCUT2D eigenvalue weighted by atomic mass is 35.5. The Morgan fingerprint density at radius 3 is 3.21 bits per heavy atom. The Morgan fingerprint density at radius 2 is 2.43 bits per heavy atom. The molecule has 0 saturated heterocycles. The molecule has 0 unspecified atom stereocenters. The third kappa shape index (κ3) is 1.94. The van der Waals surface area contributed by atoms with Gasteiger partial charge in [0, 0.05) is 10.8 Å². The summed E-state index contributed by atoms with van der Waals surface area (Å²) in [6.45, 7) is 3.66. The lowest BCUT2D eigenvalue weighted by molar-refractivity contribution is 1.08. The predicted octanol–water partition coefficient (Wildman–Crippen LogP) is 3.49. The highest BCUT2D eigenvalue weighted by Gasteiger charge is 2.02. The molecule has 0 spiro atoms. The first kappa shape index (κ1) is 9.62. The Balaban J connectivity index is 2.36. The standard InChI is InChI=1S/C10H9ClN2S/c1-2-5-14-10-12-8-4-3-7(11)6-9(8)13-10/h2-4,6H,1,5H2,(H,12,13). The minimum atomic E-state index is 0.724. The number of fused-ring (bicyclic) bond motifs is 1. The van der Waals surface area contributed by atoms with Gasteiger partial charge >= 0.3 is 0 Å². The van der Waals surface area contributed by atoms with Gasteiger partial charge in [-0.25, -0.2) is 4.98 Å². The van der Waals surface area contributed by atoms with E-state index in [4.69, 9.17) is 11.6 Å². The average molecular weight is 225 g/mol. The fourth-order valence-corrected chi connectivity index (χ4v) is 1.96. The summed E-state index contributed by atoms with van der Waals surface area (Å²) in [5, 5.41) is 1.63. The summed E-state index contributed by atoms with van der Waals surface area (Å²) in [6, 6.07) is 5.63. The van der Waals surface area contributed by atoms with Crippen molar-refractivity contribution in [3.8, 4) is 0 Å². The lowest BCUT2D eigenvalue weighted by Gasteiger charge is -1.88. The van der Waals surface area contributed by atoms with E-state index >= 15 is 0 Å². The zero-order chi connectivity index (χ0) is 9.97. The van der Waals surface area contributed by atoms with Gasteiger partial charge in [0.05, 0.1) is 11.0 Å². The van der Waals surface area contributed by atoms with Crippen molar-refractivity contribution in [1.82, 2.24) is 9.97 Å². The minimum Gasteiger partial charge on any atom is -0.333 e. The van der Waals surface area contributed by atoms with E-state index < -0.39 is 0 Å². The molecule has 1 N–H and O–H groups in total. The number of nitrogens with one attached hydrogen (secondary N) is 1. The van der Waals surface area contributed by atoms with Crippen molar-refractivity contribution in [2.24, 2.45) is 0 Å². The SMILES string of the molecule is C=CCSc1nc2ccc(Cl)cc2[nH]1. The summed E-state index contributed by atoms with van der Waals surface area (Å²) < 4.78 is 0. The zero-order valence-electron chi connectivity index (χ0n) is 7.46. The number of imidazole rings is 1. The topological polar surface area (TPSA) is 28.7 Å². The summed E-state index contributed by atoms with van der Waals surface area (Å²) in [4.78, 5) is 7.58. The molecule has 1 aromatic carbocycles. The molecule has 2 rings (SSSR count). The number of hydrogen-bond acceptors (Lipinski definition) is 2. The highest BCUT2D eigenvalue weighted by Crippen LogP contribution is 2.21. The van der Waals surface area contributed by atoms with Crippen molar-refractivity contribution in [3.05, 3.63) is 35.9 Å². The number of H-pyrrole nitrogens is 1. The van der Waals surface area contributed by atoms with Crippen LogP contribution in [0.1, 0.15) is 0 Å². The Hall–Kier alpha value is -0.930. The van der Waals surface area contributed by atoms with E-state index in [1.54, 1.807) is 11.8 Å². The molecule has 72 valence electrons. The van der Waals surface area contributed by atoms with Gasteiger partial charge in [0.25, 0.3) is 0 Å². The van der Waals surface area contributed by atoms with Gasteiger partial charge in [-0.05, 0) is 18.2 Å². The predicted molar refractivity (Wildman–Crippen MR) is 62.0 cm³/mol. The van der Waals surface area contributed by atoms with Crippen molar-refractivity contribution < 1.29 is 0 Å². The largest absolute Gasteiger partial charge is 0.333 e. The van der Waals surface area contributed by atoms with Gasteiger partial charge in [-0.2, -0.15) is 0 Å². The van der Waals surface area contributed by atoms with Crippen molar-refractivity contribution >= 4 is 34.4 Å². The van der Waals surface area contributed by atoms with Crippen LogP contribution in [0.5, 0.6) is 0 Å². The minimum absolute atomic E-state index is 0.724. The summed E-state index contributed by atoms with van der Waals surface area (Å²) >= 11 is 7.49. The number of aromatic amines is 1. The average Bonchev–Trinajstić information content (AvgIpc) is 2.56. The summed E-state index contributed by atoms with van der Waals surface area (Å²) in [7, 11) is 0. The Kier molecular flexibility index (Phi) is 2.79. The molecule has 0 atom stereocenters. The first-order chi connectivity index (χ1) is 6.79. The molecule has 0 aliphatic rings. The number of hydrogen-bond donors (Lipinski definition) is 1. The number of aromatic nitrogens is 2. The van der Waals surface area contributed by atoms with Crippen LogP contribution < -0.4 is 0 Å². The number of halogens is 1. The highest BCUT2D eigenvalue weighted by molar-refractivity contribution is 7.99. The number of thioether (sulfide) groups is 1. The smallest absolute Gasteiger partial charge is 0.166 e. The zero-order valence-corrected chi connectivity index (χ0v) is 9.03. The molecule has 14 heavy (non-hydrogen) atoms. The van der Waals surface area contributed by atoms with Crippen LogP contribution in [0.25, 0.3) is 11.0 Å². The molecule has 0 aliphatic heterocycles. The summed E-state index contributed by atoms with van der Waals surface area (Å²) in [5.74, 6) is 0.855. The molecule has 1 aromatic heterocycles. The molecule has 0 fully saturated rings. The second-order valence-corrected chi connectivity index (χ2v) is 4.25. The van der Waals surface area contributed by atoms with Gasteiger partial charge < -0.3 is 4.98 Å².